The van der Waals surface area contributed by atoms with Crippen molar-refractivity contribution in [1.29, 1.82) is 0 Å². The van der Waals surface area contributed by atoms with Crippen molar-refractivity contribution >= 4 is 33.4 Å². The summed E-state index contributed by atoms with van der Waals surface area (Å²) in [7, 11) is -3.56. The monoisotopic (exact) mass is 438 g/mol. The first-order valence-electron chi connectivity index (χ1n) is 9.42. The fraction of sp³-hybridized carbons (Fsp3) is 0.500. The van der Waals surface area contributed by atoms with Crippen molar-refractivity contribution < 1.29 is 22.4 Å². The first-order valence-corrected chi connectivity index (χ1v) is 11.7. The molecule has 2 aliphatic rings. The number of hydrogen-bond acceptors (Lipinski definition) is 8. The maximum Gasteiger partial charge on any atom is 0.277 e. The van der Waals surface area contributed by atoms with Crippen LogP contribution in [0.2, 0.25) is 0 Å². The van der Waals surface area contributed by atoms with E-state index in [0.29, 0.717) is 49.0 Å². The number of thioether (sulfide) groups is 1. The molecule has 1 atom stereocenters. The van der Waals surface area contributed by atoms with Crippen LogP contribution in [0.5, 0.6) is 0 Å². The molecule has 1 saturated carbocycles. The van der Waals surface area contributed by atoms with E-state index in [-0.39, 0.29) is 10.8 Å². The molecule has 0 spiro atoms. The Balaban J connectivity index is 1.35. The van der Waals surface area contributed by atoms with Gasteiger partial charge in [-0.15, -0.1) is 10.2 Å². The molecule has 156 valence electrons. The number of benzene rings is 1. The summed E-state index contributed by atoms with van der Waals surface area (Å²) in [6, 6.07) is 6.16. The predicted octanol–water partition coefficient (Wildman–Crippen LogP) is 2.09. The molecule has 1 N–H and O–H groups in total. The van der Waals surface area contributed by atoms with Crippen LogP contribution >= 0.6 is 11.8 Å². The number of hydrogen-bond donors (Lipinski definition) is 1. The summed E-state index contributed by atoms with van der Waals surface area (Å²) in [6.45, 7) is 3.22. The molecule has 2 aromatic rings. The minimum Gasteiger partial charge on any atom is -0.416 e. The van der Waals surface area contributed by atoms with Gasteiger partial charge in [-0.1, -0.05) is 11.8 Å². The quantitative estimate of drug-likeness (QED) is 0.654. The molecule has 0 radical (unpaired) electrons. The van der Waals surface area contributed by atoms with Gasteiger partial charge in [-0.25, -0.2) is 8.42 Å². The van der Waals surface area contributed by atoms with Crippen LogP contribution in [-0.4, -0.2) is 60.4 Å². The van der Waals surface area contributed by atoms with Crippen LogP contribution in [0.3, 0.4) is 0 Å². The number of ether oxygens (including phenoxy) is 1. The molecule has 11 heteroatoms. The smallest absolute Gasteiger partial charge is 0.277 e. The van der Waals surface area contributed by atoms with Crippen molar-refractivity contribution in [3.63, 3.8) is 0 Å². The minimum atomic E-state index is -3.56. The third kappa shape index (κ3) is 4.80. The van der Waals surface area contributed by atoms with Crippen molar-refractivity contribution in [2.24, 2.45) is 0 Å². The van der Waals surface area contributed by atoms with E-state index in [1.165, 1.54) is 28.2 Å². The molecule has 1 aromatic carbocycles. The Bertz CT molecular complexity index is 966. The van der Waals surface area contributed by atoms with Gasteiger partial charge in [-0.2, -0.15) is 4.31 Å². The summed E-state index contributed by atoms with van der Waals surface area (Å²) < 4.78 is 37.5. The van der Waals surface area contributed by atoms with E-state index in [1.807, 2.05) is 0 Å². The van der Waals surface area contributed by atoms with Gasteiger partial charge in [-0.05, 0) is 44.0 Å². The van der Waals surface area contributed by atoms with Crippen molar-refractivity contribution in [3.05, 3.63) is 30.2 Å². The van der Waals surface area contributed by atoms with Gasteiger partial charge in [0.2, 0.25) is 21.8 Å². The molecule has 0 unspecified atom stereocenters. The van der Waals surface area contributed by atoms with Gasteiger partial charge in [0.1, 0.15) is 0 Å². The zero-order chi connectivity index (χ0) is 20.4. The van der Waals surface area contributed by atoms with E-state index in [0.717, 1.165) is 12.8 Å². The van der Waals surface area contributed by atoms with Crippen LogP contribution in [0.4, 0.5) is 5.69 Å². The lowest BCUT2D eigenvalue weighted by Gasteiger charge is -2.26. The Morgan fingerprint density at radius 1 is 1.21 bits per heavy atom. The predicted molar refractivity (Wildman–Crippen MR) is 106 cm³/mol. The Morgan fingerprint density at radius 2 is 1.90 bits per heavy atom. The van der Waals surface area contributed by atoms with E-state index >= 15 is 0 Å². The summed E-state index contributed by atoms with van der Waals surface area (Å²) in [4.78, 5) is 12.6. The van der Waals surface area contributed by atoms with Crippen LogP contribution in [0.1, 0.15) is 31.6 Å². The number of carbonyl (C=O) groups is 1. The van der Waals surface area contributed by atoms with Crippen molar-refractivity contribution in [2.75, 3.05) is 31.6 Å². The highest BCUT2D eigenvalue weighted by atomic mass is 32.2. The van der Waals surface area contributed by atoms with Crippen molar-refractivity contribution in [2.45, 2.75) is 41.1 Å². The number of aromatic nitrogens is 2. The Labute approximate surface area is 173 Å². The van der Waals surface area contributed by atoms with Gasteiger partial charge >= 0.3 is 0 Å². The second kappa shape index (κ2) is 8.42. The SMILES string of the molecule is C[C@H](Sc1nnc(C2CC2)o1)C(=O)Nc1ccc(S(=O)(=O)N2CCOCC2)cc1. The lowest BCUT2D eigenvalue weighted by molar-refractivity contribution is -0.115. The molecule has 1 aliphatic carbocycles. The molecule has 0 bridgehead atoms. The van der Waals surface area contributed by atoms with E-state index in [2.05, 4.69) is 15.5 Å². The topological polar surface area (TPSA) is 115 Å². The number of morpholine rings is 1. The number of rotatable bonds is 7. The molecular formula is C18H22N4O5S2. The summed E-state index contributed by atoms with van der Waals surface area (Å²) in [5, 5.41) is 10.7. The maximum atomic E-state index is 12.6. The Kier molecular flexibility index (Phi) is 5.91. The molecule has 2 heterocycles. The highest BCUT2D eigenvalue weighted by Crippen LogP contribution is 2.40. The number of nitrogens with one attached hydrogen (secondary N) is 1. The molecule has 1 aliphatic heterocycles. The third-order valence-corrected chi connectivity index (χ3v) is 7.57. The first kappa shape index (κ1) is 20.3. The number of anilines is 1. The molecule has 2 fully saturated rings. The normalized spacial score (nSPS) is 19.1. The third-order valence-electron chi connectivity index (χ3n) is 4.73. The lowest BCUT2D eigenvalue weighted by Crippen LogP contribution is -2.40. The van der Waals surface area contributed by atoms with Crippen LogP contribution < -0.4 is 5.32 Å². The van der Waals surface area contributed by atoms with Gasteiger partial charge in [0.15, 0.2) is 0 Å². The average molecular weight is 439 g/mol. The van der Waals surface area contributed by atoms with Gasteiger partial charge in [-0.3, -0.25) is 4.79 Å². The molecular weight excluding hydrogens is 416 g/mol. The molecule has 4 rings (SSSR count). The summed E-state index contributed by atoms with van der Waals surface area (Å²) in [6.07, 6.45) is 2.14. The Morgan fingerprint density at radius 3 is 2.55 bits per heavy atom. The lowest BCUT2D eigenvalue weighted by atomic mass is 10.3. The van der Waals surface area contributed by atoms with Crippen LogP contribution in [0.25, 0.3) is 0 Å². The van der Waals surface area contributed by atoms with E-state index in [1.54, 1.807) is 19.1 Å². The molecule has 1 saturated heterocycles. The maximum absolute atomic E-state index is 12.6. The molecule has 1 amide bonds. The number of sulfonamides is 1. The zero-order valence-corrected chi connectivity index (χ0v) is 17.5. The fourth-order valence-electron chi connectivity index (χ4n) is 2.86. The molecule has 1 aromatic heterocycles. The standard InChI is InChI=1S/C18H22N4O5S2/c1-12(28-18-21-20-17(27-18)13-2-3-13)16(23)19-14-4-6-15(7-5-14)29(24,25)22-8-10-26-11-9-22/h4-7,12-13H,2-3,8-11H2,1H3,(H,19,23)/t12-/m0/s1. The average Bonchev–Trinajstić information content (AvgIpc) is 3.48. The largest absolute Gasteiger partial charge is 0.416 e. The van der Waals surface area contributed by atoms with Gasteiger partial charge in [0, 0.05) is 24.7 Å². The van der Waals surface area contributed by atoms with E-state index in [9.17, 15) is 13.2 Å². The second-order valence-electron chi connectivity index (χ2n) is 6.97. The van der Waals surface area contributed by atoms with Crippen LogP contribution in [-0.2, 0) is 19.6 Å². The number of nitrogens with zero attached hydrogens (tertiary/aromatic N) is 3. The summed E-state index contributed by atoms with van der Waals surface area (Å²) in [5.41, 5.74) is 0.521. The summed E-state index contributed by atoms with van der Waals surface area (Å²) >= 11 is 1.20. The highest BCUT2D eigenvalue weighted by Gasteiger charge is 2.30. The van der Waals surface area contributed by atoms with Gasteiger partial charge < -0.3 is 14.5 Å². The molecule has 29 heavy (non-hydrogen) atoms. The van der Waals surface area contributed by atoms with Gasteiger partial charge in [0.05, 0.1) is 23.4 Å². The van der Waals surface area contributed by atoms with Crippen molar-refractivity contribution in [3.8, 4) is 0 Å². The van der Waals surface area contributed by atoms with E-state index in [4.69, 9.17) is 9.15 Å². The minimum absolute atomic E-state index is 0.193. The number of carbonyl (C=O) groups excluding carboxylic acids is 1. The molecule has 9 nitrogen and oxygen atoms in total. The Hall–Kier alpha value is -1.95. The zero-order valence-electron chi connectivity index (χ0n) is 15.9. The van der Waals surface area contributed by atoms with E-state index < -0.39 is 15.3 Å². The van der Waals surface area contributed by atoms with Crippen molar-refractivity contribution in [1.82, 2.24) is 14.5 Å². The summed E-state index contributed by atoms with van der Waals surface area (Å²) in [5.74, 6) is 0.773. The van der Waals surface area contributed by atoms with Gasteiger partial charge in [0.25, 0.3) is 5.22 Å². The van der Waals surface area contributed by atoms with Crippen LogP contribution in [0, 0.1) is 0 Å². The first-order chi connectivity index (χ1) is 13.9. The highest BCUT2D eigenvalue weighted by molar-refractivity contribution is 8.00. The number of amides is 1. The second-order valence-corrected chi connectivity index (χ2v) is 10.2. The fourth-order valence-corrected chi connectivity index (χ4v) is 4.96. The van der Waals surface area contributed by atoms with Crippen LogP contribution in [0.15, 0.2) is 38.8 Å².